The highest BCUT2D eigenvalue weighted by molar-refractivity contribution is 5.84. The van der Waals surface area contributed by atoms with Crippen molar-refractivity contribution in [1.82, 2.24) is 20.4 Å². The Bertz CT molecular complexity index is 610. The fourth-order valence-electron chi connectivity index (χ4n) is 3.28. The Hall–Kier alpha value is -2.06. The minimum atomic E-state index is -0.0240. The number of amides is 1. The molecule has 1 amide bonds. The van der Waals surface area contributed by atoms with Gasteiger partial charge in [0.15, 0.2) is 5.96 Å². The van der Waals surface area contributed by atoms with E-state index in [-0.39, 0.29) is 12.5 Å². The Morgan fingerprint density at radius 2 is 2.03 bits per heavy atom. The van der Waals surface area contributed by atoms with Crippen LogP contribution in [-0.2, 0) is 16.0 Å². The summed E-state index contributed by atoms with van der Waals surface area (Å²) in [7, 11) is 3.48. The summed E-state index contributed by atoms with van der Waals surface area (Å²) >= 11 is 0. The molecule has 2 rings (SSSR count). The summed E-state index contributed by atoms with van der Waals surface area (Å²) in [5.41, 5.74) is 0. The van der Waals surface area contributed by atoms with Crippen molar-refractivity contribution in [2.24, 2.45) is 10.9 Å². The lowest BCUT2D eigenvalue weighted by Crippen LogP contribution is -2.51. The van der Waals surface area contributed by atoms with Crippen LogP contribution in [0, 0.1) is 5.92 Å². The van der Waals surface area contributed by atoms with Gasteiger partial charge in [-0.1, -0.05) is 13.8 Å². The van der Waals surface area contributed by atoms with Crippen LogP contribution < -0.4 is 10.6 Å². The maximum atomic E-state index is 12.0. The maximum Gasteiger partial charge on any atom is 0.243 e. The summed E-state index contributed by atoms with van der Waals surface area (Å²) in [5, 5.41) is 6.78. The minimum absolute atomic E-state index is 0.0240. The highest BCUT2D eigenvalue weighted by Crippen LogP contribution is 2.13. The molecule has 8 heteroatoms. The zero-order valence-electron chi connectivity index (χ0n) is 18.3. The monoisotopic (exact) mass is 407 g/mol. The zero-order valence-corrected chi connectivity index (χ0v) is 18.3. The summed E-state index contributed by atoms with van der Waals surface area (Å²) in [6.07, 6.45) is 3.54. The molecule has 0 aliphatic carbocycles. The number of carbonyl (C=O) groups is 1. The highest BCUT2D eigenvalue weighted by Gasteiger charge is 2.22. The number of rotatable bonds is 10. The SMILES string of the molecule is CC(C)CC(CNC(=NCC(=O)N(C)C)NCCc1ccco1)N1CCOCC1. The number of guanidine groups is 1. The Kier molecular flexibility index (Phi) is 10.0. The molecule has 0 bridgehead atoms. The number of nitrogens with zero attached hydrogens (tertiary/aromatic N) is 3. The third-order valence-electron chi connectivity index (χ3n) is 4.93. The topological polar surface area (TPSA) is 82.3 Å². The molecule has 1 saturated heterocycles. The van der Waals surface area contributed by atoms with Crippen molar-refractivity contribution in [3.8, 4) is 0 Å². The molecule has 0 spiro atoms. The van der Waals surface area contributed by atoms with Crippen molar-refractivity contribution in [2.45, 2.75) is 32.7 Å². The van der Waals surface area contributed by atoms with Crippen LogP contribution in [0.25, 0.3) is 0 Å². The second-order valence-electron chi connectivity index (χ2n) is 8.02. The number of carbonyl (C=O) groups excluding carboxylic acids is 1. The molecular weight excluding hydrogens is 370 g/mol. The van der Waals surface area contributed by atoms with Crippen molar-refractivity contribution in [3.05, 3.63) is 24.2 Å². The van der Waals surface area contributed by atoms with E-state index in [4.69, 9.17) is 9.15 Å². The van der Waals surface area contributed by atoms with Crippen LogP contribution in [0.5, 0.6) is 0 Å². The summed E-state index contributed by atoms with van der Waals surface area (Å²) in [6.45, 7) is 9.56. The average molecular weight is 408 g/mol. The quantitative estimate of drug-likeness (QED) is 0.448. The lowest BCUT2D eigenvalue weighted by molar-refractivity contribution is -0.127. The normalized spacial score (nSPS) is 16.7. The fraction of sp³-hybridized carbons (Fsp3) is 0.714. The molecule has 0 saturated carbocycles. The number of furan rings is 1. The third-order valence-corrected chi connectivity index (χ3v) is 4.93. The van der Waals surface area contributed by atoms with E-state index in [2.05, 4.69) is 34.4 Å². The minimum Gasteiger partial charge on any atom is -0.469 e. The summed E-state index contributed by atoms with van der Waals surface area (Å²) in [4.78, 5) is 20.5. The number of hydrogen-bond donors (Lipinski definition) is 2. The third kappa shape index (κ3) is 8.87. The fourth-order valence-corrected chi connectivity index (χ4v) is 3.28. The number of aliphatic imine (C=N–C) groups is 1. The standard InChI is InChI=1S/C21H37N5O3/c1-17(2)14-18(26-9-12-28-13-10-26)15-23-21(24-16-20(27)25(3)4)22-8-7-19-6-5-11-29-19/h5-6,11,17-18H,7-10,12-16H2,1-4H3,(H2,22,23,24). The lowest BCUT2D eigenvalue weighted by atomic mass is 10.0. The highest BCUT2D eigenvalue weighted by atomic mass is 16.5. The van der Waals surface area contributed by atoms with Crippen molar-refractivity contribution in [3.63, 3.8) is 0 Å². The van der Waals surface area contributed by atoms with Crippen molar-refractivity contribution in [2.75, 3.05) is 60.0 Å². The van der Waals surface area contributed by atoms with E-state index < -0.39 is 0 Å². The molecule has 29 heavy (non-hydrogen) atoms. The van der Waals surface area contributed by atoms with E-state index in [0.29, 0.717) is 24.5 Å². The molecular formula is C21H37N5O3. The van der Waals surface area contributed by atoms with Crippen LogP contribution >= 0.6 is 0 Å². The predicted molar refractivity (Wildman–Crippen MR) is 115 cm³/mol. The maximum absolute atomic E-state index is 12.0. The Balaban J connectivity index is 1.94. The first-order valence-electron chi connectivity index (χ1n) is 10.5. The largest absolute Gasteiger partial charge is 0.469 e. The Morgan fingerprint density at radius 3 is 2.66 bits per heavy atom. The van der Waals surface area contributed by atoms with E-state index in [0.717, 1.165) is 51.4 Å². The van der Waals surface area contributed by atoms with E-state index >= 15 is 0 Å². The molecule has 1 aliphatic heterocycles. The van der Waals surface area contributed by atoms with Gasteiger partial charge in [0.25, 0.3) is 0 Å². The van der Waals surface area contributed by atoms with Gasteiger partial charge in [-0.05, 0) is 24.5 Å². The number of morpholine rings is 1. The van der Waals surface area contributed by atoms with Gasteiger partial charge in [-0.2, -0.15) is 0 Å². The Labute approximate surface area is 174 Å². The van der Waals surface area contributed by atoms with Gasteiger partial charge in [-0.25, -0.2) is 4.99 Å². The van der Waals surface area contributed by atoms with Crippen LogP contribution in [0.4, 0.5) is 0 Å². The van der Waals surface area contributed by atoms with Crippen LogP contribution in [0.1, 0.15) is 26.0 Å². The first-order valence-corrected chi connectivity index (χ1v) is 10.5. The van der Waals surface area contributed by atoms with E-state index in [9.17, 15) is 4.79 Å². The molecule has 1 atom stereocenters. The van der Waals surface area contributed by atoms with Gasteiger partial charge in [0.1, 0.15) is 12.3 Å². The molecule has 1 unspecified atom stereocenters. The molecule has 0 aromatic carbocycles. The second-order valence-corrected chi connectivity index (χ2v) is 8.02. The number of hydrogen-bond acceptors (Lipinski definition) is 5. The predicted octanol–water partition coefficient (Wildman–Crippen LogP) is 1.19. The molecule has 164 valence electrons. The van der Waals surface area contributed by atoms with Crippen LogP contribution in [0.3, 0.4) is 0 Å². The van der Waals surface area contributed by atoms with Crippen LogP contribution in [-0.4, -0.2) is 87.7 Å². The van der Waals surface area contributed by atoms with Gasteiger partial charge in [0, 0.05) is 52.7 Å². The number of nitrogens with one attached hydrogen (secondary N) is 2. The van der Waals surface area contributed by atoms with Crippen molar-refractivity contribution in [1.29, 1.82) is 0 Å². The summed E-state index contributed by atoms with van der Waals surface area (Å²) in [5.74, 6) is 2.16. The molecule has 0 radical (unpaired) electrons. The molecule has 1 aromatic rings. The van der Waals surface area contributed by atoms with Crippen LogP contribution in [0.2, 0.25) is 0 Å². The first kappa shape index (κ1) is 23.2. The molecule has 2 heterocycles. The Morgan fingerprint density at radius 1 is 1.28 bits per heavy atom. The molecule has 1 fully saturated rings. The summed E-state index contributed by atoms with van der Waals surface area (Å²) in [6, 6.07) is 4.25. The summed E-state index contributed by atoms with van der Waals surface area (Å²) < 4.78 is 10.9. The van der Waals surface area contributed by atoms with E-state index in [1.54, 1.807) is 25.3 Å². The molecule has 1 aliphatic rings. The van der Waals surface area contributed by atoms with Gasteiger partial charge in [-0.15, -0.1) is 0 Å². The lowest BCUT2D eigenvalue weighted by Gasteiger charge is -2.35. The van der Waals surface area contributed by atoms with Gasteiger partial charge < -0.3 is 24.7 Å². The average Bonchev–Trinajstić information content (AvgIpc) is 3.22. The van der Waals surface area contributed by atoms with Gasteiger partial charge in [-0.3, -0.25) is 9.69 Å². The molecule has 2 N–H and O–H groups in total. The first-order chi connectivity index (χ1) is 14.0. The smallest absolute Gasteiger partial charge is 0.243 e. The van der Waals surface area contributed by atoms with E-state index in [1.165, 1.54) is 0 Å². The second kappa shape index (κ2) is 12.5. The van der Waals surface area contributed by atoms with Crippen molar-refractivity contribution >= 4 is 11.9 Å². The van der Waals surface area contributed by atoms with E-state index in [1.807, 2.05) is 12.1 Å². The zero-order chi connectivity index (χ0) is 21.1. The van der Waals surface area contributed by atoms with Gasteiger partial charge >= 0.3 is 0 Å². The van der Waals surface area contributed by atoms with Gasteiger partial charge in [0.2, 0.25) is 5.91 Å². The molecule has 1 aromatic heterocycles. The molecule has 8 nitrogen and oxygen atoms in total. The van der Waals surface area contributed by atoms with Crippen molar-refractivity contribution < 1.29 is 13.9 Å². The number of likely N-dealkylation sites (N-methyl/N-ethyl adjacent to an activating group) is 1. The van der Waals surface area contributed by atoms with Gasteiger partial charge in [0.05, 0.1) is 19.5 Å². The van der Waals surface area contributed by atoms with Crippen LogP contribution in [0.15, 0.2) is 27.8 Å². The number of ether oxygens (including phenoxy) is 1.